The molecule has 1 saturated carbocycles. The number of benzene rings is 1. The Balaban J connectivity index is 1.38. The fourth-order valence-corrected chi connectivity index (χ4v) is 5.70. The second-order valence-corrected chi connectivity index (χ2v) is 9.39. The van der Waals surface area contributed by atoms with E-state index in [-0.39, 0.29) is 17.5 Å². The quantitative estimate of drug-likeness (QED) is 0.811. The van der Waals surface area contributed by atoms with E-state index in [0.29, 0.717) is 25.0 Å². The van der Waals surface area contributed by atoms with E-state index >= 15 is 0 Å². The molecule has 1 aliphatic carbocycles. The van der Waals surface area contributed by atoms with Gasteiger partial charge in [-0.15, -0.1) is 0 Å². The Morgan fingerprint density at radius 3 is 2.57 bits per heavy atom. The molecule has 0 unspecified atom stereocenters. The molecule has 1 aromatic carbocycles. The largest absolute Gasteiger partial charge is 0.335 e. The molecule has 0 spiro atoms. The molecule has 2 aliphatic heterocycles. The maximum Gasteiger partial charge on any atom is 0.317 e. The van der Waals surface area contributed by atoms with Gasteiger partial charge in [0.25, 0.3) is 5.56 Å². The van der Waals surface area contributed by atoms with Crippen molar-refractivity contribution in [3.8, 4) is 11.1 Å². The molecule has 5 heteroatoms. The van der Waals surface area contributed by atoms with Crippen molar-refractivity contribution >= 4 is 6.03 Å². The fraction of sp³-hybridized carbons (Fsp3) is 0.520. The fourth-order valence-electron chi connectivity index (χ4n) is 5.70. The minimum absolute atomic E-state index is 0.0870. The van der Waals surface area contributed by atoms with E-state index in [0.717, 1.165) is 48.2 Å². The standard InChI is InChI=1S/C25H31N3O2/c1-17-7-5-6-10-21(17)22-11-12-23-19-13-18(15-28(23)24(22)29)14-27(16-19)25(30)26-20-8-3-2-4-9-20/h5-7,10-12,18-20H,2-4,8-9,13-16H2,1H3,(H,26,30)/t18-,19-/m1/s1. The van der Waals surface area contributed by atoms with Crippen molar-refractivity contribution in [2.24, 2.45) is 5.92 Å². The number of hydrogen-bond donors (Lipinski definition) is 1. The number of amides is 2. The molecule has 2 bridgehead atoms. The molecule has 158 valence electrons. The third kappa shape index (κ3) is 3.55. The summed E-state index contributed by atoms with van der Waals surface area (Å²) in [5.74, 6) is 0.589. The highest BCUT2D eigenvalue weighted by Crippen LogP contribution is 2.36. The van der Waals surface area contributed by atoms with Crippen molar-refractivity contribution in [3.05, 3.63) is 58.0 Å². The van der Waals surface area contributed by atoms with Crippen LogP contribution in [-0.2, 0) is 6.54 Å². The van der Waals surface area contributed by atoms with Crippen LogP contribution in [0.5, 0.6) is 0 Å². The first-order valence-electron chi connectivity index (χ1n) is 11.5. The van der Waals surface area contributed by atoms with Crippen LogP contribution in [0.15, 0.2) is 41.2 Å². The highest BCUT2D eigenvalue weighted by Gasteiger charge is 2.37. The zero-order valence-electron chi connectivity index (χ0n) is 17.8. The average Bonchev–Trinajstić information content (AvgIpc) is 2.76. The third-order valence-corrected chi connectivity index (χ3v) is 7.26. The summed E-state index contributed by atoms with van der Waals surface area (Å²) in [4.78, 5) is 28.2. The smallest absolute Gasteiger partial charge is 0.317 e. The minimum Gasteiger partial charge on any atom is -0.335 e. The van der Waals surface area contributed by atoms with Crippen molar-refractivity contribution in [2.45, 2.75) is 64.0 Å². The van der Waals surface area contributed by atoms with E-state index < -0.39 is 0 Å². The van der Waals surface area contributed by atoms with E-state index in [1.54, 1.807) is 0 Å². The Hall–Kier alpha value is -2.56. The van der Waals surface area contributed by atoms with Crippen LogP contribution in [0.2, 0.25) is 0 Å². The summed E-state index contributed by atoms with van der Waals surface area (Å²) in [7, 11) is 0. The number of hydrogen-bond acceptors (Lipinski definition) is 2. The second kappa shape index (κ2) is 7.93. The van der Waals surface area contributed by atoms with Crippen molar-refractivity contribution in [1.29, 1.82) is 0 Å². The normalized spacial score (nSPS) is 23.7. The lowest BCUT2D eigenvalue weighted by atomic mass is 9.82. The van der Waals surface area contributed by atoms with Crippen LogP contribution in [0.25, 0.3) is 11.1 Å². The summed E-state index contributed by atoms with van der Waals surface area (Å²) in [6.45, 7) is 4.21. The zero-order valence-corrected chi connectivity index (χ0v) is 17.8. The number of fused-ring (bicyclic) bond motifs is 4. The molecule has 2 atom stereocenters. The molecular formula is C25H31N3O2. The number of carbonyl (C=O) groups is 1. The molecular weight excluding hydrogens is 374 g/mol. The van der Waals surface area contributed by atoms with E-state index in [1.807, 2.05) is 33.7 Å². The highest BCUT2D eigenvalue weighted by atomic mass is 16.2. The van der Waals surface area contributed by atoms with Gasteiger partial charge in [0.1, 0.15) is 0 Å². The van der Waals surface area contributed by atoms with Gasteiger partial charge < -0.3 is 14.8 Å². The summed E-state index contributed by atoms with van der Waals surface area (Å²) in [6.07, 6.45) is 7.00. The van der Waals surface area contributed by atoms with Gasteiger partial charge in [-0.05, 0) is 55.4 Å². The number of pyridine rings is 1. The predicted octanol–water partition coefficient (Wildman–Crippen LogP) is 4.29. The van der Waals surface area contributed by atoms with Gasteiger partial charge in [0.05, 0.1) is 0 Å². The Kier molecular flexibility index (Phi) is 5.13. The van der Waals surface area contributed by atoms with Crippen LogP contribution in [0.1, 0.15) is 55.7 Å². The monoisotopic (exact) mass is 405 g/mol. The molecule has 2 aromatic rings. The topological polar surface area (TPSA) is 54.3 Å². The Bertz CT molecular complexity index is 1010. The van der Waals surface area contributed by atoms with Crippen molar-refractivity contribution in [1.82, 2.24) is 14.8 Å². The van der Waals surface area contributed by atoms with Gasteiger partial charge in [-0.1, -0.05) is 43.5 Å². The van der Waals surface area contributed by atoms with Crippen LogP contribution < -0.4 is 10.9 Å². The summed E-state index contributed by atoms with van der Waals surface area (Å²) in [5.41, 5.74) is 4.11. The Morgan fingerprint density at radius 2 is 1.77 bits per heavy atom. The van der Waals surface area contributed by atoms with Gasteiger partial charge in [0.2, 0.25) is 0 Å². The van der Waals surface area contributed by atoms with Crippen LogP contribution in [0, 0.1) is 12.8 Å². The first-order valence-corrected chi connectivity index (χ1v) is 11.5. The van der Waals surface area contributed by atoms with Crippen LogP contribution in [0.4, 0.5) is 4.79 Å². The molecule has 3 heterocycles. The van der Waals surface area contributed by atoms with Gasteiger partial charge in [0.15, 0.2) is 0 Å². The number of aryl methyl sites for hydroxylation is 1. The molecule has 1 saturated heterocycles. The number of aromatic nitrogens is 1. The predicted molar refractivity (Wildman–Crippen MR) is 119 cm³/mol. The molecule has 5 rings (SSSR count). The molecule has 2 amide bonds. The molecule has 5 nitrogen and oxygen atoms in total. The van der Waals surface area contributed by atoms with Crippen LogP contribution >= 0.6 is 0 Å². The van der Waals surface area contributed by atoms with Gasteiger partial charge in [0, 0.05) is 42.9 Å². The lowest BCUT2D eigenvalue weighted by molar-refractivity contribution is 0.127. The van der Waals surface area contributed by atoms with Gasteiger partial charge in [-0.2, -0.15) is 0 Å². The number of nitrogens with one attached hydrogen (secondary N) is 1. The lowest BCUT2D eigenvalue weighted by Crippen LogP contribution is -2.53. The third-order valence-electron chi connectivity index (χ3n) is 7.26. The minimum atomic E-state index is 0.0870. The van der Waals surface area contributed by atoms with Crippen molar-refractivity contribution in [2.75, 3.05) is 13.1 Å². The van der Waals surface area contributed by atoms with Crippen molar-refractivity contribution < 1.29 is 4.79 Å². The number of rotatable bonds is 2. The number of urea groups is 1. The Labute approximate surface area is 178 Å². The maximum absolute atomic E-state index is 13.3. The van der Waals surface area contributed by atoms with E-state index in [9.17, 15) is 9.59 Å². The first kappa shape index (κ1) is 19.4. The summed E-state index contributed by atoms with van der Waals surface area (Å²) < 4.78 is 1.98. The van der Waals surface area contributed by atoms with Gasteiger partial charge in [-0.25, -0.2) is 4.79 Å². The SMILES string of the molecule is Cc1ccccc1-c1ccc2n(c1=O)C[C@@H]1C[C@@H]2CN(C(=O)NC2CCCCC2)C1. The molecule has 3 aliphatic rings. The van der Waals surface area contributed by atoms with Crippen molar-refractivity contribution in [3.63, 3.8) is 0 Å². The van der Waals surface area contributed by atoms with Gasteiger partial charge in [-0.3, -0.25) is 4.79 Å². The molecule has 30 heavy (non-hydrogen) atoms. The summed E-state index contributed by atoms with van der Waals surface area (Å²) in [5, 5.41) is 3.27. The molecule has 1 N–H and O–H groups in total. The molecule has 2 fully saturated rings. The average molecular weight is 406 g/mol. The lowest BCUT2D eigenvalue weighted by Gasteiger charge is -2.43. The first-order chi connectivity index (χ1) is 14.6. The Morgan fingerprint density at radius 1 is 0.967 bits per heavy atom. The highest BCUT2D eigenvalue weighted by molar-refractivity contribution is 5.75. The number of piperidine rings is 1. The summed E-state index contributed by atoms with van der Waals surface area (Å²) in [6, 6.07) is 12.6. The molecule has 1 aromatic heterocycles. The molecule has 0 radical (unpaired) electrons. The maximum atomic E-state index is 13.3. The van der Waals surface area contributed by atoms with Gasteiger partial charge >= 0.3 is 6.03 Å². The number of nitrogens with zero attached hydrogens (tertiary/aromatic N) is 2. The van der Waals surface area contributed by atoms with E-state index in [4.69, 9.17) is 0 Å². The van der Waals surface area contributed by atoms with Crippen LogP contribution in [-0.4, -0.2) is 34.6 Å². The second-order valence-electron chi connectivity index (χ2n) is 9.39. The zero-order chi connectivity index (χ0) is 20.7. The van der Waals surface area contributed by atoms with Crippen LogP contribution in [0.3, 0.4) is 0 Å². The van der Waals surface area contributed by atoms with E-state index in [1.165, 1.54) is 19.3 Å². The number of carbonyl (C=O) groups excluding carboxylic acids is 1. The number of likely N-dealkylation sites (tertiary alicyclic amines) is 1. The summed E-state index contributed by atoms with van der Waals surface area (Å²) >= 11 is 0. The van der Waals surface area contributed by atoms with E-state index in [2.05, 4.69) is 24.4 Å².